The van der Waals surface area contributed by atoms with E-state index in [-0.39, 0.29) is 11.1 Å². The van der Waals surface area contributed by atoms with Crippen LogP contribution in [0, 0.1) is 0 Å². The fourth-order valence-corrected chi connectivity index (χ4v) is 1.87. The fourth-order valence-electron chi connectivity index (χ4n) is 1.52. The summed E-state index contributed by atoms with van der Waals surface area (Å²) in [6.07, 6.45) is 1.53. The Kier molecular flexibility index (Phi) is 3.91. The minimum Gasteiger partial charge on any atom is -0.478 e. The molecule has 0 fully saturated rings. The van der Waals surface area contributed by atoms with Crippen LogP contribution in [0.4, 0.5) is 5.82 Å². The third-order valence-electron chi connectivity index (χ3n) is 2.39. The summed E-state index contributed by atoms with van der Waals surface area (Å²) in [6.45, 7) is 0. The van der Waals surface area contributed by atoms with Crippen molar-refractivity contribution < 1.29 is 14.7 Å². The van der Waals surface area contributed by atoms with Crippen molar-refractivity contribution in [2.75, 3.05) is 5.32 Å². The van der Waals surface area contributed by atoms with Crippen LogP contribution in [0.3, 0.4) is 0 Å². The molecule has 96 valence electrons. The topological polar surface area (TPSA) is 79.3 Å². The van der Waals surface area contributed by atoms with Crippen LogP contribution in [0.15, 0.2) is 47.1 Å². The lowest BCUT2D eigenvalue weighted by atomic mass is 10.1. The van der Waals surface area contributed by atoms with Gasteiger partial charge in [0.05, 0.1) is 15.6 Å². The molecular formula is C13H9BrN2O3. The summed E-state index contributed by atoms with van der Waals surface area (Å²) in [4.78, 5) is 27.1. The summed E-state index contributed by atoms with van der Waals surface area (Å²) < 4.78 is 0.621. The van der Waals surface area contributed by atoms with Crippen LogP contribution in [0.5, 0.6) is 0 Å². The van der Waals surface area contributed by atoms with Gasteiger partial charge in [-0.25, -0.2) is 9.78 Å². The van der Waals surface area contributed by atoms with Crippen LogP contribution in [0.25, 0.3) is 0 Å². The van der Waals surface area contributed by atoms with E-state index in [1.165, 1.54) is 18.3 Å². The average Bonchev–Trinajstić information content (AvgIpc) is 2.41. The molecule has 2 aromatic rings. The van der Waals surface area contributed by atoms with Crippen molar-refractivity contribution in [2.24, 2.45) is 0 Å². The zero-order valence-electron chi connectivity index (χ0n) is 9.63. The number of rotatable bonds is 3. The smallest absolute Gasteiger partial charge is 0.336 e. The number of anilines is 1. The van der Waals surface area contributed by atoms with Crippen molar-refractivity contribution in [2.45, 2.75) is 0 Å². The van der Waals surface area contributed by atoms with E-state index in [0.717, 1.165) is 0 Å². The molecule has 0 unspecified atom stereocenters. The maximum atomic E-state index is 12.1. The van der Waals surface area contributed by atoms with Crippen LogP contribution < -0.4 is 5.32 Å². The Balaban J connectivity index is 2.31. The van der Waals surface area contributed by atoms with Crippen molar-refractivity contribution in [1.82, 2.24) is 4.98 Å². The summed E-state index contributed by atoms with van der Waals surface area (Å²) in [5.74, 6) is -1.32. The number of halogens is 1. The minimum atomic E-state index is -1.15. The third-order valence-corrected chi connectivity index (χ3v) is 3.03. The number of hydrogen-bond acceptors (Lipinski definition) is 3. The Morgan fingerprint density at radius 3 is 2.42 bits per heavy atom. The molecule has 0 aliphatic rings. The van der Waals surface area contributed by atoms with Crippen molar-refractivity contribution in [1.29, 1.82) is 0 Å². The SMILES string of the molecule is O=C(O)c1ccccc1C(=O)Nc1ncccc1Br. The Labute approximate surface area is 117 Å². The Morgan fingerprint density at radius 1 is 1.11 bits per heavy atom. The van der Waals surface area contributed by atoms with E-state index >= 15 is 0 Å². The number of carboxylic acid groups (broad SMARTS) is 1. The van der Waals surface area contributed by atoms with Gasteiger partial charge in [0, 0.05) is 6.20 Å². The number of aromatic carboxylic acids is 1. The lowest BCUT2D eigenvalue weighted by molar-refractivity contribution is 0.0692. The molecule has 2 rings (SSSR count). The molecule has 0 bridgehead atoms. The van der Waals surface area contributed by atoms with E-state index in [1.807, 2.05) is 0 Å². The monoisotopic (exact) mass is 320 g/mol. The zero-order chi connectivity index (χ0) is 13.8. The van der Waals surface area contributed by atoms with Gasteiger partial charge in [-0.05, 0) is 40.2 Å². The standard InChI is InChI=1S/C13H9BrN2O3/c14-10-6-3-7-15-11(10)16-12(17)8-4-1-2-5-9(8)13(18)19/h1-7H,(H,18,19)(H,15,16,17). The second kappa shape index (κ2) is 5.62. The van der Waals surface area contributed by atoms with Crippen LogP contribution in [0.2, 0.25) is 0 Å². The van der Waals surface area contributed by atoms with Gasteiger partial charge in [-0.3, -0.25) is 4.79 Å². The number of nitrogens with one attached hydrogen (secondary N) is 1. The summed E-state index contributed by atoms with van der Waals surface area (Å²) in [5, 5.41) is 11.6. The Bertz CT molecular complexity index is 643. The lowest BCUT2D eigenvalue weighted by Crippen LogP contribution is -2.17. The number of benzene rings is 1. The highest BCUT2D eigenvalue weighted by molar-refractivity contribution is 9.10. The molecule has 0 radical (unpaired) electrons. The van der Waals surface area contributed by atoms with Gasteiger partial charge in [-0.2, -0.15) is 0 Å². The van der Waals surface area contributed by atoms with E-state index < -0.39 is 11.9 Å². The number of carboxylic acids is 1. The minimum absolute atomic E-state index is 0.0490. The van der Waals surface area contributed by atoms with Gasteiger partial charge < -0.3 is 10.4 Å². The molecule has 0 atom stereocenters. The maximum Gasteiger partial charge on any atom is 0.336 e. The molecule has 0 saturated carbocycles. The number of pyridine rings is 1. The predicted molar refractivity (Wildman–Crippen MR) is 73.3 cm³/mol. The van der Waals surface area contributed by atoms with E-state index in [4.69, 9.17) is 5.11 Å². The second-order valence-corrected chi connectivity index (χ2v) is 4.49. The van der Waals surface area contributed by atoms with Crippen molar-refractivity contribution in [3.05, 3.63) is 58.2 Å². The number of aromatic nitrogens is 1. The summed E-state index contributed by atoms with van der Waals surface area (Å²) in [5.41, 5.74) is 0.0413. The Morgan fingerprint density at radius 2 is 1.79 bits per heavy atom. The third kappa shape index (κ3) is 2.97. The summed E-state index contributed by atoms with van der Waals surface area (Å²) >= 11 is 3.25. The fraction of sp³-hybridized carbons (Fsp3) is 0. The average molecular weight is 321 g/mol. The van der Waals surface area contributed by atoms with Gasteiger partial charge >= 0.3 is 5.97 Å². The van der Waals surface area contributed by atoms with E-state index in [2.05, 4.69) is 26.2 Å². The molecule has 0 aliphatic carbocycles. The first-order valence-electron chi connectivity index (χ1n) is 5.34. The molecule has 5 nitrogen and oxygen atoms in total. The first kappa shape index (κ1) is 13.2. The highest BCUT2D eigenvalue weighted by Gasteiger charge is 2.16. The molecule has 0 aliphatic heterocycles. The number of amides is 1. The molecule has 1 aromatic heterocycles. The van der Waals surface area contributed by atoms with Gasteiger partial charge in [0.25, 0.3) is 5.91 Å². The quantitative estimate of drug-likeness (QED) is 0.911. The zero-order valence-corrected chi connectivity index (χ0v) is 11.2. The normalized spacial score (nSPS) is 9.95. The molecule has 1 amide bonds. The predicted octanol–water partition coefficient (Wildman–Crippen LogP) is 2.79. The van der Waals surface area contributed by atoms with Crippen molar-refractivity contribution in [3.63, 3.8) is 0 Å². The van der Waals surface area contributed by atoms with Crippen molar-refractivity contribution in [3.8, 4) is 0 Å². The van der Waals surface area contributed by atoms with Crippen LogP contribution in [-0.2, 0) is 0 Å². The molecule has 1 heterocycles. The molecule has 0 spiro atoms. The van der Waals surface area contributed by atoms with Gasteiger partial charge in [0.15, 0.2) is 0 Å². The number of carbonyl (C=O) groups excluding carboxylic acids is 1. The second-order valence-electron chi connectivity index (χ2n) is 3.64. The molecule has 0 saturated heterocycles. The molecule has 6 heteroatoms. The van der Waals surface area contributed by atoms with E-state index in [1.54, 1.807) is 24.3 Å². The molecule has 2 N–H and O–H groups in total. The first-order chi connectivity index (χ1) is 9.09. The van der Waals surface area contributed by atoms with Gasteiger partial charge in [-0.1, -0.05) is 12.1 Å². The van der Waals surface area contributed by atoms with Crippen LogP contribution >= 0.6 is 15.9 Å². The van der Waals surface area contributed by atoms with Crippen LogP contribution in [-0.4, -0.2) is 22.0 Å². The maximum absolute atomic E-state index is 12.1. The molecule has 19 heavy (non-hydrogen) atoms. The first-order valence-corrected chi connectivity index (χ1v) is 6.13. The van der Waals surface area contributed by atoms with Gasteiger partial charge in [-0.15, -0.1) is 0 Å². The summed E-state index contributed by atoms with van der Waals surface area (Å²) in [7, 11) is 0. The lowest BCUT2D eigenvalue weighted by Gasteiger charge is -2.08. The largest absolute Gasteiger partial charge is 0.478 e. The molecular weight excluding hydrogens is 312 g/mol. The van der Waals surface area contributed by atoms with Gasteiger partial charge in [0.2, 0.25) is 0 Å². The van der Waals surface area contributed by atoms with Gasteiger partial charge in [0.1, 0.15) is 5.82 Å². The van der Waals surface area contributed by atoms with Crippen LogP contribution in [0.1, 0.15) is 20.7 Å². The number of nitrogens with zero attached hydrogens (tertiary/aromatic N) is 1. The van der Waals surface area contributed by atoms with E-state index in [0.29, 0.717) is 10.3 Å². The van der Waals surface area contributed by atoms with Crippen molar-refractivity contribution >= 4 is 33.6 Å². The Hall–Kier alpha value is -2.21. The summed E-state index contributed by atoms with van der Waals surface area (Å²) in [6, 6.07) is 9.45. The van der Waals surface area contributed by atoms with E-state index in [9.17, 15) is 9.59 Å². The molecule has 1 aromatic carbocycles. The number of hydrogen-bond donors (Lipinski definition) is 2. The highest BCUT2D eigenvalue weighted by atomic mass is 79.9. The highest BCUT2D eigenvalue weighted by Crippen LogP contribution is 2.19. The number of carbonyl (C=O) groups is 2.